The lowest BCUT2D eigenvalue weighted by Crippen LogP contribution is -2.53. The van der Waals surface area contributed by atoms with Crippen LogP contribution in [0.5, 0.6) is 0 Å². The van der Waals surface area contributed by atoms with Gasteiger partial charge >= 0.3 is 0 Å². The molecule has 3 heterocycles. The second-order valence-corrected chi connectivity index (χ2v) is 9.55. The number of nitrogens with one attached hydrogen (secondary N) is 1. The van der Waals surface area contributed by atoms with Crippen molar-refractivity contribution >= 4 is 33.4 Å². The Hall–Kier alpha value is -2.50. The Morgan fingerprint density at radius 1 is 1.30 bits per heavy atom. The molecule has 30 heavy (non-hydrogen) atoms. The quantitative estimate of drug-likeness (QED) is 0.650. The van der Waals surface area contributed by atoms with E-state index in [0.717, 1.165) is 13.0 Å². The zero-order valence-electron chi connectivity index (χ0n) is 16.1. The molecule has 0 unspecified atom stereocenters. The van der Waals surface area contributed by atoms with Crippen molar-refractivity contribution in [3.8, 4) is 0 Å². The molecule has 2 aliphatic rings. The number of carbonyl (C=O) groups excluding carboxylic acids is 2. The first-order valence-corrected chi connectivity index (χ1v) is 11.4. The van der Waals surface area contributed by atoms with Gasteiger partial charge in [0.1, 0.15) is 5.69 Å². The van der Waals surface area contributed by atoms with E-state index in [9.17, 15) is 18.0 Å². The summed E-state index contributed by atoms with van der Waals surface area (Å²) >= 11 is 5.83. The number of nitrogens with zero attached hydrogens (tertiary/aromatic N) is 5. The van der Waals surface area contributed by atoms with Gasteiger partial charge in [-0.15, -0.1) is 5.10 Å². The Kier molecular flexibility index (Phi) is 5.76. The molecule has 0 radical (unpaired) electrons. The molecule has 2 amide bonds. The van der Waals surface area contributed by atoms with E-state index in [1.807, 2.05) is 0 Å². The van der Waals surface area contributed by atoms with Gasteiger partial charge in [-0.2, -0.15) is 0 Å². The fourth-order valence-electron chi connectivity index (χ4n) is 3.44. The Balaban J connectivity index is 1.26. The van der Waals surface area contributed by atoms with Gasteiger partial charge in [0.15, 0.2) is 0 Å². The Bertz CT molecular complexity index is 1070. The average Bonchev–Trinajstić information content (AvgIpc) is 3.29. The highest BCUT2D eigenvalue weighted by Crippen LogP contribution is 2.21. The van der Waals surface area contributed by atoms with Gasteiger partial charge in [0.05, 0.1) is 30.2 Å². The monoisotopic (exact) mass is 452 g/mol. The molecule has 12 heteroatoms. The maximum absolute atomic E-state index is 12.3. The van der Waals surface area contributed by atoms with E-state index in [-0.39, 0.29) is 29.3 Å². The lowest BCUT2D eigenvalue weighted by Gasteiger charge is -2.38. The molecule has 2 saturated heterocycles. The highest BCUT2D eigenvalue weighted by Gasteiger charge is 2.33. The summed E-state index contributed by atoms with van der Waals surface area (Å²) in [6.07, 6.45) is 3.24. The standard InChI is InChI=1S/C18H21ClN6O4S/c19-13-3-1-4-16(7-13)30(28,29)20-8-18(27)24-11-15(12-24)25-10-14(21-22-25)9-23-6-2-5-17(23)26/h1,3-4,7,10,15,20H,2,5-6,8-9,11-12H2. The van der Waals surface area contributed by atoms with E-state index in [1.54, 1.807) is 26.7 Å². The molecular formula is C18H21ClN6O4S. The molecule has 2 fully saturated rings. The van der Waals surface area contributed by atoms with Gasteiger partial charge in [-0.05, 0) is 24.6 Å². The number of hydrogen-bond donors (Lipinski definition) is 1. The summed E-state index contributed by atoms with van der Waals surface area (Å²) in [5, 5.41) is 8.51. The van der Waals surface area contributed by atoms with Crippen LogP contribution in [-0.4, -0.2) is 71.2 Å². The van der Waals surface area contributed by atoms with Gasteiger partial charge in [0.25, 0.3) is 0 Å². The number of amides is 2. The second-order valence-electron chi connectivity index (χ2n) is 7.34. The first-order chi connectivity index (χ1) is 14.3. The second kappa shape index (κ2) is 8.32. The zero-order valence-corrected chi connectivity index (χ0v) is 17.6. The van der Waals surface area contributed by atoms with Gasteiger partial charge in [0.2, 0.25) is 21.8 Å². The fraction of sp³-hybridized carbons (Fsp3) is 0.444. The number of halogens is 1. The van der Waals surface area contributed by atoms with Crippen molar-refractivity contribution in [1.29, 1.82) is 0 Å². The third kappa shape index (κ3) is 4.47. The fourth-order valence-corrected chi connectivity index (χ4v) is 4.72. The van der Waals surface area contributed by atoms with Crippen molar-refractivity contribution in [3.05, 3.63) is 41.2 Å². The normalized spacial score (nSPS) is 17.4. The van der Waals surface area contributed by atoms with Crippen LogP contribution >= 0.6 is 11.6 Å². The number of likely N-dealkylation sites (tertiary alicyclic amines) is 2. The van der Waals surface area contributed by atoms with E-state index in [1.165, 1.54) is 18.2 Å². The van der Waals surface area contributed by atoms with Crippen molar-refractivity contribution in [2.75, 3.05) is 26.2 Å². The summed E-state index contributed by atoms with van der Waals surface area (Å²) in [5.74, 6) is -0.190. The van der Waals surface area contributed by atoms with Crippen LogP contribution in [0.1, 0.15) is 24.6 Å². The summed E-state index contributed by atoms with van der Waals surface area (Å²) in [6.45, 7) is 1.69. The largest absolute Gasteiger partial charge is 0.337 e. The molecule has 2 aromatic rings. The van der Waals surface area contributed by atoms with Gasteiger partial charge in [0, 0.05) is 31.1 Å². The summed E-state index contributed by atoms with van der Waals surface area (Å²) in [6, 6.07) is 5.83. The number of carbonyl (C=O) groups is 2. The Labute approximate surface area is 178 Å². The van der Waals surface area contributed by atoms with Gasteiger partial charge in [-0.3, -0.25) is 9.59 Å². The van der Waals surface area contributed by atoms with Crippen molar-refractivity contribution in [2.45, 2.75) is 30.3 Å². The summed E-state index contributed by atoms with van der Waals surface area (Å²) in [7, 11) is -3.82. The summed E-state index contributed by atoms with van der Waals surface area (Å²) in [4.78, 5) is 27.3. The molecule has 10 nitrogen and oxygen atoms in total. The molecule has 0 atom stereocenters. The first-order valence-electron chi connectivity index (χ1n) is 9.53. The van der Waals surface area contributed by atoms with Crippen molar-refractivity contribution in [3.63, 3.8) is 0 Å². The number of sulfonamides is 1. The van der Waals surface area contributed by atoms with Crippen LogP contribution in [-0.2, 0) is 26.2 Å². The molecule has 0 bridgehead atoms. The smallest absolute Gasteiger partial charge is 0.241 e. The lowest BCUT2D eigenvalue weighted by molar-refractivity contribution is -0.135. The van der Waals surface area contributed by atoms with Crippen LogP contribution in [0.4, 0.5) is 0 Å². The third-order valence-corrected chi connectivity index (χ3v) is 6.82. The number of hydrogen-bond acceptors (Lipinski definition) is 6. The number of rotatable bonds is 7. The molecule has 0 spiro atoms. The molecule has 1 aromatic heterocycles. The van der Waals surface area contributed by atoms with Crippen molar-refractivity contribution in [1.82, 2.24) is 29.5 Å². The minimum absolute atomic E-state index is 0.0101. The minimum atomic E-state index is -3.82. The van der Waals surface area contributed by atoms with Gasteiger partial charge in [-0.25, -0.2) is 17.8 Å². The molecule has 0 saturated carbocycles. The third-order valence-electron chi connectivity index (χ3n) is 5.19. The molecule has 1 aromatic carbocycles. The Morgan fingerprint density at radius 3 is 2.80 bits per heavy atom. The zero-order chi connectivity index (χ0) is 21.3. The highest BCUT2D eigenvalue weighted by atomic mass is 35.5. The van der Waals surface area contributed by atoms with E-state index in [2.05, 4.69) is 15.0 Å². The van der Waals surface area contributed by atoms with E-state index >= 15 is 0 Å². The molecular weight excluding hydrogens is 432 g/mol. The molecule has 0 aliphatic carbocycles. The van der Waals surface area contributed by atoms with Crippen LogP contribution in [0.3, 0.4) is 0 Å². The van der Waals surface area contributed by atoms with Crippen LogP contribution in [0.15, 0.2) is 35.4 Å². The van der Waals surface area contributed by atoms with Crippen LogP contribution < -0.4 is 4.72 Å². The molecule has 2 aliphatic heterocycles. The van der Waals surface area contributed by atoms with Gasteiger partial charge in [-0.1, -0.05) is 22.9 Å². The Morgan fingerprint density at radius 2 is 2.10 bits per heavy atom. The number of benzene rings is 1. The highest BCUT2D eigenvalue weighted by molar-refractivity contribution is 7.89. The predicted molar refractivity (Wildman–Crippen MR) is 107 cm³/mol. The first kappa shape index (κ1) is 20.8. The van der Waals surface area contributed by atoms with Crippen LogP contribution in [0.25, 0.3) is 0 Å². The van der Waals surface area contributed by atoms with Crippen molar-refractivity contribution < 1.29 is 18.0 Å². The lowest BCUT2D eigenvalue weighted by atomic mass is 10.1. The maximum atomic E-state index is 12.3. The topological polar surface area (TPSA) is 118 Å². The SMILES string of the molecule is O=C1CCCN1Cc1cn(C2CN(C(=O)CNS(=O)(=O)c3cccc(Cl)c3)C2)nn1. The van der Waals surface area contributed by atoms with E-state index in [4.69, 9.17) is 11.6 Å². The molecule has 4 rings (SSSR count). The average molecular weight is 453 g/mol. The van der Waals surface area contributed by atoms with E-state index < -0.39 is 10.0 Å². The molecule has 1 N–H and O–H groups in total. The summed E-state index contributed by atoms with van der Waals surface area (Å²) in [5.41, 5.74) is 0.712. The predicted octanol–water partition coefficient (Wildman–Crippen LogP) is 0.416. The minimum Gasteiger partial charge on any atom is -0.337 e. The van der Waals surface area contributed by atoms with Crippen LogP contribution in [0.2, 0.25) is 5.02 Å². The van der Waals surface area contributed by atoms with E-state index in [0.29, 0.717) is 36.8 Å². The number of aromatic nitrogens is 3. The molecule has 160 valence electrons. The van der Waals surface area contributed by atoms with Crippen molar-refractivity contribution in [2.24, 2.45) is 0 Å². The van der Waals surface area contributed by atoms with Gasteiger partial charge < -0.3 is 9.80 Å². The summed E-state index contributed by atoms with van der Waals surface area (Å²) < 4.78 is 28.6. The van der Waals surface area contributed by atoms with Crippen LogP contribution in [0, 0.1) is 0 Å². The maximum Gasteiger partial charge on any atom is 0.241 e.